The number of rotatable bonds is 1. The maximum atomic E-state index is 4.29. The van der Waals surface area contributed by atoms with E-state index < -0.39 is 0 Å². The molecule has 3 heteroatoms. The monoisotopic (exact) mass is 377 g/mol. The molecule has 0 aliphatic rings. The van der Waals surface area contributed by atoms with Gasteiger partial charge < -0.3 is 0 Å². The minimum atomic E-state index is 0. The largest absolute Gasteiger partial charge is 0.258 e. The van der Waals surface area contributed by atoms with E-state index in [1.54, 1.807) is 0 Å². The number of hydrogen-bond acceptors (Lipinski definition) is 1. The summed E-state index contributed by atoms with van der Waals surface area (Å²) in [5.41, 5.74) is 2.28. The Labute approximate surface area is 102 Å². The van der Waals surface area contributed by atoms with Crippen LogP contribution in [0.15, 0.2) is 18.2 Å². The fourth-order valence-corrected chi connectivity index (χ4v) is 0.796. The second-order valence-corrected chi connectivity index (χ2v) is 2.12. The number of halogens is 2. The molecule has 0 saturated heterocycles. The SMILES string of the molecule is CCc1cccc(C)n1.I.I. The van der Waals surface area contributed by atoms with Crippen LogP contribution in [0.4, 0.5) is 0 Å². The first-order valence-electron chi connectivity index (χ1n) is 3.25. The highest BCUT2D eigenvalue weighted by atomic mass is 127. The van der Waals surface area contributed by atoms with E-state index in [-0.39, 0.29) is 48.0 Å². The molecule has 0 unspecified atom stereocenters. The van der Waals surface area contributed by atoms with Crippen LogP contribution in [-0.2, 0) is 6.42 Å². The average Bonchev–Trinajstić information content (AvgIpc) is 1.88. The second kappa shape index (κ2) is 7.27. The van der Waals surface area contributed by atoms with E-state index in [2.05, 4.69) is 11.9 Å². The van der Waals surface area contributed by atoms with Crippen LogP contribution < -0.4 is 0 Å². The molecule has 0 radical (unpaired) electrons. The minimum absolute atomic E-state index is 0. The van der Waals surface area contributed by atoms with Crippen LogP contribution in [0.1, 0.15) is 18.3 Å². The molecular formula is C8H13I2N. The van der Waals surface area contributed by atoms with Gasteiger partial charge in [0.2, 0.25) is 0 Å². The van der Waals surface area contributed by atoms with Crippen LogP contribution >= 0.6 is 48.0 Å². The van der Waals surface area contributed by atoms with E-state index in [1.165, 1.54) is 5.69 Å². The van der Waals surface area contributed by atoms with Gasteiger partial charge in [-0.05, 0) is 25.5 Å². The van der Waals surface area contributed by atoms with Crippen molar-refractivity contribution in [2.75, 3.05) is 0 Å². The predicted octanol–water partition coefficient (Wildman–Crippen LogP) is 3.19. The lowest BCUT2D eigenvalue weighted by Gasteiger charge is -1.94. The lowest BCUT2D eigenvalue weighted by atomic mass is 10.3. The molecule has 0 amide bonds. The van der Waals surface area contributed by atoms with Crippen LogP contribution in [0.25, 0.3) is 0 Å². The summed E-state index contributed by atoms with van der Waals surface area (Å²) in [6.07, 6.45) is 1.03. The van der Waals surface area contributed by atoms with E-state index in [0.29, 0.717) is 0 Å². The van der Waals surface area contributed by atoms with E-state index >= 15 is 0 Å². The highest BCUT2D eigenvalue weighted by Crippen LogP contribution is 1.97. The third kappa shape index (κ3) is 4.95. The van der Waals surface area contributed by atoms with Gasteiger partial charge in [0.05, 0.1) is 0 Å². The lowest BCUT2D eigenvalue weighted by molar-refractivity contribution is 1.01. The molecule has 1 nitrogen and oxygen atoms in total. The van der Waals surface area contributed by atoms with Crippen molar-refractivity contribution in [3.63, 3.8) is 0 Å². The normalized spacial score (nSPS) is 7.82. The molecule has 0 bridgehead atoms. The molecule has 1 heterocycles. The van der Waals surface area contributed by atoms with E-state index in [4.69, 9.17) is 0 Å². The Morgan fingerprint density at radius 2 is 1.91 bits per heavy atom. The Morgan fingerprint density at radius 1 is 1.27 bits per heavy atom. The summed E-state index contributed by atoms with van der Waals surface area (Å²) >= 11 is 0. The molecule has 0 aliphatic carbocycles. The molecular weight excluding hydrogens is 364 g/mol. The summed E-state index contributed by atoms with van der Waals surface area (Å²) in [7, 11) is 0. The summed E-state index contributed by atoms with van der Waals surface area (Å²) in [6.45, 7) is 4.13. The van der Waals surface area contributed by atoms with Crippen LogP contribution in [0.5, 0.6) is 0 Å². The van der Waals surface area contributed by atoms with Gasteiger partial charge in [-0.15, -0.1) is 48.0 Å². The first-order chi connectivity index (χ1) is 4.33. The van der Waals surface area contributed by atoms with Crippen LogP contribution in [0, 0.1) is 6.92 Å². The molecule has 1 rings (SSSR count). The fraction of sp³-hybridized carbons (Fsp3) is 0.375. The Kier molecular flexibility index (Phi) is 9.35. The quantitative estimate of drug-likeness (QED) is 0.686. The summed E-state index contributed by atoms with van der Waals surface area (Å²) in [4.78, 5) is 4.29. The van der Waals surface area contributed by atoms with Crippen LogP contribution in [0.2, 0.25) is 0 Å². The van der Waals surface area contributed by atoms with Crippen molar-refractivity contribution in [3.8, 4) is 0 Å². The Balaban J connectivity index is 0. The molecule has 0 saturated carbocycles. The topological polar surface area (TPSA) is 12.9 Å². The van der Waals surface area contributed by atoms with Gasteiger partial charge in [0.15, 0.2) is 0 Å². The highest BCUT2D eigenvalue weighted by molar-refractivity contribution is 14.0. The van der Waals surface area contributed by atoms with E-state index in [9.17, 15) is 0 Å². The van der Waals surface area contributed by atoms with Gasteiger partial charge in [-0.2, -0.15) is 0 Å². The summed E-state index contributed by atoms with van der Waals surface area (Å²) in [6, 6.07) is 6.10. The Hall–Kier alpha value is 0.610. The van der Waals surface area contributed by atoms with Crippen LogP contribution in [-0.4, -0.2) is 4.98 Å². The van der Waals surface area contributed by atoms with Crippen molar-refractivity contribution in [2.45, 2.75) is 20.3 Å². The highest BCUT2D eigenvalue weighted by Gasteiger charge is 1.87. The zero-order chi connectivity index (χ0) is 6.69. The van der Waals surface area contributed by atoms with Crippen molar-refractivity contribution in [1.82, 2.24) is 4.98 Å². The minimum Gasteiger partial charge on any atom is -0.258 e. The Bertz CT molecular complexity index is 201. The maximum absolute atomic E-state index is 4.29. The predicted molar refractivity (Wildman–Crippen MR) is 69.2 cm³/mol. The summed E-state index contributed by atoms with van der Waals surface area (Å²) < 4.78 is 0. The standard InChI is InChI=1S/C8H11N.2HI/c1-3-8-6-4-5-7(2)9-8;;/h4-6H,3H2,1-2H3;2*1H. The number of aryl methyl sites for hydroxylation is 2. The zero-order valence-corrected chi connectivity index (χ0v) is 11.4. The molecule has 0 atom stereocenters. The molecule has 0 fully saturated rings. The average molecular weight is 377 g/mol. The lowest BCUT2D eigenvalue weighted by Crippen LogP contribution is -1.87. The third-order valence-corrected chi connectivity index (χ3v) is 1.31. The van der Waals surface area contributed by atoms with Gasteiger partial charge >= 0.3 is 0 Å². The second-order valence-electron chi connectivity index (χ2n) is 2.12. The van der Waals surface area contributed by atoms with Gasteiger partial charge in [0, 0.05) is 11.4 Å². The number of nitrogens with zero attached hydrogens (tertiary/aromatic N) is 1. The van der Waals surface area contributed by atoms with Crippen molar-refractivity contribution in [2.24, 2.45) is 0 Å². The zero-order valence-electron chi connectivity index (χ0n) is 6.70. The summed E-state index contributed by atoms with van der Waals surface area (Å²) in [5, 5.41) is 0. The van der Waals surface area contributed by atoms with Gasteiger partial charge in [0.1, 0.15) is 0 Å². The van der Waals surface area contributed by atoms with E-state index in [0.717, 1.165) is 12.1 Å². The van der Waals surface area contributed by atoms with Crippen LogP contribution in [0.3, 0.4) is 0 Å². The fourth-order valence-electron chi connectivity index (χ4n) is 0.796. The van der Waals surface area contributed by atoms with Gasteiger partial charge in [-0.3, -0.25) is 4.98 Å². The van der Waals surface area contributed by atoms with Gasteiger partial charge in [0.25, 0.3) is 0 Å². The van der Waals surface area contributed by atoms with Crippen molar-refractivity contribution < 1.29 is 0 Å². The molecule has 1 aromatic rings. The molecule has 0 aliphatic heterocycles. The Morgan fingerprint density at radius 3 is 2.27 bits per heavy atom. The van der Waals surface area contributed by atoms with Gasteiger partial charge in [-0.25, -0.2) is 0 Å². The molecule has 1 aromatic heterocycles. The van der Waals surface area contributed by atoms with E-state index in [1.807, 2.05) is 25.1 Å². The smallest absolute Gasteiger partial charge is 0.0404 e. The van der Waals surface area contributed by atoms with Crippen molar-refractivity contribution in [3.05, 3.63) is 29.6 Å². The molecule has 11 heavy (non-hydrogen) atoms. The van der Waals surface area contributed by atoms with Crippen molar-refractivity contribution in [1.29, 1.82) is 0 Å². The third-order valence-electron chi connectivity index (χ3n) is 1.31. The molecule has 0 aromatic carbocycles. The summed E-state index contributed by atoms with van der Waals surface area (Å²) in [5.74, 6) is 0. The number of aromatic nitrogens is 1. The van der Waals surface area contributed by atoms with Gasteiger partial charge in [-0.1, -0.05) is 13.0 Å². The molecule has 64 valence electrons. The number of pyridine rings is 1. The molecule has 0 N–H and O–H groups in total. The first-order valence-corrected chi connectivity index (χ1v) is 3.25. The first kappa shape index (κ1) is 14.2. The van der Waals surface area contributed by atoms with Crippen molar-refractivity contribution >= 4 is 48.0 Å². The molecule has 0 spiro atoms. The maximum Gasteiger partial charge on any atom is 0.0404 e. The number of hydrogen-bond donors (Lipinski definition) is 0.